The Morgan fingerprint density at radius 2 is 2.05 bits per heavy atom. The lowest BCUT2D eigenvalue weighted by molar-refractivity contribution is -0.135. The molecule has 0 fully saturated rings. The third-order valence-corrected chi connectivity index (χ3v) is 3.20. The van der Waals surface area contributed by atoms with Crippen molar-refractivity contribution in [2.24, 2.45) is 0 Å². The Balaban J connectivity index is 2.51. The molecule has 0 radical (unpaired) electrons. The Morgan fingerprint density at radius 3 is 2.67 bits per heavy atom. The van der Waals surface area contributed by atoms with Gasteiger partial charge in [0.25, 0.3) is 0 Å². The van der Waals surface area contributed by atoms with E-state index in [1.165, 1.54) is 0 Å². The molecule has 0 aromatic heterocycles. The van der Waals surface area contributed by atoms with Crippen molar-refractivity contribution < 1.29 is 14.3 Å². The summed E-state index contributed by atoms with van der Waals surface area (Å²) in [4.78, 5) is 25.3. The Morgan fingerprint density at radius 1 is 1.29 bits per heavy atom. The molecule has 5 nitrogen and oxygen atoms in total. The van der Waals surface area contributed by atoms with Gasteiger partial charge in [-0.1, -0.05) is 12.1 Å². The van der Waals surface area contributed by atoms with Crippen molar-refractivity contribution in [3.63, 3.8) is 0 Å². The van der Waals surface area contributed by atoms with Gasteiger partial charge >= 0.3 is 0 Å². The van der Waals surface area contributed by atoms with E-state index in [9.17, 15) is 9.59 Å². The molecular formula is C16H24N2O3. The number of benzene rings is 1. The molecule has 1 aromatic carbocycles. The highest BCUT2D eigenvalue weighted by atomic mass is 16.5. The highest BCUT2D eigenvalue weighted by Gasteiger charge is 2.14. The summed E-state index contributed by atoms with van der Waals surface area (Å²) in [6, 6.07) is 7.67. The van der Waals surface area contributed by atoms with Crippen molar-refractivity contribution in [2.45, 2.75) is 26.7 Å². The van der Waals surface area contributed by atoms with Crippen LogP contribution < -0.4 is 10.1 Å². The molecule has 21 heavy (non-hydrogen) atoms. The van der Waals surface area contributed by atoms with Gasteiger partial charge < -0.3 is 15.0 Å². The largest absolute Gasteiger partial charge is 0.497 e. The molecule has 0 atom stereocenters. The molecule has 0 spiro atoms. The SMILES string of the molecule is CCNC(=O)CN(CC)C(=O)CCc1cccc(OC)c1. The second-order valence-corrected chi connectivity index (χ2v) is 4.71. The number of carbonyl (C=O) groups is 2. The molecule has 5 heteroatoms. The summed E-state index contributed by atoms with van der Waals surface area (Å²) in [5.74, 6) is 0.662. The van der Waals surface area contributed by atoms with E-state index in [0.29, 0.717) is 25.9 Å². The van der Waals surface area contributed by atoms with Crippen LogP contribution in [0.15, 0.2) is 24.3 Å². The maximum Gasteiger partial charge on any atom is 0.239 e. The Bertz CT molecular complexity index is 474. The summed E-state index contributed by atoms with van der Waals surface area (Å²) in [5.41, 5.74) is 1.05. The minimum Gasteiger partial charge on any atom is -0.497 e. The Kier molecular flexibility index (Phi) is 7.29. The summed E-state index contributed by atoms with van der Waals surface area (Å²) < 4.78 is 5.16. The number of nitrogens with one attached hydrogen (secondary N) is 1. The molecule has 0 bridgehead atoms. The van der Waals surface area contributed by atoms with Crippen LogP contribution in [0, 0.1) is 0 Å². The fraction of sp³-hybridized carbons (Fsp3) is 0.500. The van der Waals surface area contributed by atoms with E-state index >= 15 is 0 Å². The molecule has 0 saturated heterocycles. The number of likely N-dealkylation sites (N-methyl/N-ethyl adjacent to an activating group) is 2. The van der Waals surface area contributed by atoms with Crippen molar-refractivity contribution in [1.82, 2.24) is 10.2 Å². The lowest BCUT2D eigenvalue weighted by atomic mass is 10.1. The molecule has 0 unspecified atom stereocenters. The average molecular weight is 292 g/mol. The van der Waals surface area contributed by atoms with Gasteiger partial charge in [-0.05, 0) is 38.0 Å². The third-order valence-electron chi connectivity index (χ3n) is 3.20. The summed E-state index contributed by atoms with van der Waals surface area (Å²) in [6.45, 7) is 4.98. The van der Waals surface area contributed by atoms with Crippen molar-refractivity contribution in [3.8, 4) is 5.75 Å². The maximum absolute atomic E-state index is 12.2. The molecule has 0 aliphatic rings. The average Bonchev–Trinajstić information content (AvgIpc) is 2.50. The smallest absolute Gasteiger partial charge is 0.239 e. The molecular weight excluding hydrogens is 268 g/mol. The van der Waals surface area contributed by atoms with Crippen molar-refractivity contribution in [3.05, 3.63) is 29.8 Å². The number of carbonyl (C=O) groups excluding carboxylic acids is 2. The molecule has 2 amide bonds. The molecule has 0 aliphatic heterocycles. The van der Waals surface area contributed by atoms with Gasteiger partial charge in [0.1, 0.15) is 5.75 Å². The van der Waals surface area contributed by atoms with E-state index in [2.05, 4.69) is 5.32 Å². The standard InChI is InChI=1S/C16H24N2O3/c1-4-17-15(19)12-18(5-2)16(20)10-9-13-7-6-8-14(11-13)21-3/h6-8,11H,4-5,9-10,12H2,1-3H3,(H,17,19). The Labute approximate surface area is 126 Å². The first kappa shape index (κ1) is 17.0. The molecule has 1 aromatic rings. The first-order valence-corrected chi connectivity index (χ1v) is 7.28. The van der Waals surface area contributed by atoms with Crippen LogP contribution in [0.5, 0.6) is 5.75 Å². The first-order chi connectivity index (χ1) is 10.1. The zero-order valence-electron chi connectivity index (χ0n) is 13.0. The van der Waals surface area contributed by atoms with Gasteiger partial charge in [0.15, 0.2) is 0 Å². The van der Waals surface area contributed by atoms with E-state index < -0.39 is 0 Å². The van der Waals surface area contributed by atoms with Crippen molar-refractivity contribution in [1.29, 1.82) is 0 Å². The lowest BCUT2D eigenvalue weighted by Gasteiger charge is -2.20. The monoisotopic (exact) mass is 292 g/mol. The maximum atomic E-state index is 12.2. The van der Waals surface area contributed by atoms with Gasteiger partial charge in [-0.2, -0.15) is 0 Å². The van der Waals surface area contributed by atoms with Gasteiger partial charge in [-0.15, -0.1) is 0 Å². The summed E-state index contributed by atoms with van der Waals surface area (Å²) in [5, 5.41) is 2.70. The number of amides is 2. The van der Waals surface area contributed by atoms with Gasteiger partial charge in [0.05, 0.1) is 13.7 Å². The topological polar surface area (TPSA) is 58.6 Å². The van der Waals surface area contributed by atoms with Crippen LogP contribution in [0.2, 0.25) is 0 Å². The lowest BCUT2D eigenvalue weighted by Crippen LogP contribution is -2.40. The van der Waals surface area contributed by atoms with E-state index in [1.54, 1.807) is 12.0 Å². The molecule has 0 heterocycles. The van der Waals surface area contributed by atoms with E-state index in [4.69, 9.17) is 4.74 Å². The molecule has 1 rings (SSSR count). The number of aryl methyl sites for hydroxylation is 1. The minimum atomic E-state index is -0.117. The van der Waals surface area contributed by atoms with Crippen LogP contribution in [0.4, 0.5) is 0 Å². The van der Waals surface area contributed by atoms with Gasteiger partial charge in [-0.25, -0.2) is 0 Å². The number of hydrogen-bond donors (Lipinski definition) is 1. The van der Waals surface area contributed by atoms with Gasteiger partial charge in [0, 0.05) is 19.5 Å². The third kappa shape index (κ3) is 5.85. The predicted molar refractivity (Wildman–Crippen MR) is 82.3 cm³/mol. The van der Waals surface area contributed by atoms with Crippen LogP contribution in [-0.2, 0) is 16.0 Å². The molecule has 1 N–H and O–H groups in total. The van der Waals surface area contributed by atoms with Crippen LogP contribution in [0.3, 0.4) is 0 Å². The van der Waals surface area contributed by atoms with E-state index in [1.807, 2.05) is 38.1 Å². The fourth-order valence-electron chi connectivity index (χ4n) is 2.04. The second kappa shape index (κ2) is 9.00. The van der Waals surface area contributed by atoms with Crippen LogP contribution >= 0.6 is 0 Å². The summed E-state index contributed by atoms with van der Waals surface area (Å²) in [6.07, 6.45) is 1.03. The zero-order chi connectivity index (χ0) is 15.7. The van der Waals surface area contributed by atoms with Crippen LogP contribution in [-0.4, -0.2) is 43.5 Å². The number of rotatable bonds is 8. The molecule has 0 saturated carbocycles. The molecule has 0 aliphatic carbocycles. The predicted octanol–water partition coefficient (Wildman–Crippen LogP) is 1.61. The molecule has 116 valence electrons. The normalized spacial score (nSPS) is 10.0. The highest BCUT2D eigenvalue weighted by Crippen LogP contribution is 2.14. The number of ether oxygens (including phenoxy) is 1. The highest BCUT2D eigenvalue weighted by molar-refractivity contribution is 5.84. The van der Waals surface area contributed by atoms with Crippen LogP contribution in [0.1, 0.15) is 25.8 Å². The van der Waals surface area contributed by atoms with Crippen LogP contribution in [0.25, 0.3) is 0 Å². The van der Waals surface area contributed by atoms with E-state index in [0.717, 1.165) is 11.3 Å². The quantitative estimate of drug-likeness (QED) is 0.792. The Hall–Kier alpha value is -2.04. The first-order valence-electron chi connectivity index (χ1n) is 7.28. The minimum absolute atomic E-state index is 0.00780. The van der Waals surface area contributed by atoms with E-state index in [-0.39, 0.29) is 18.4 Å². The number of hydrogen-bond acceptors (Lipinski definition) is 3. The number of methoxy groups -OCH3 is 1. The van der Waals surface area contributed by atoms with Gasteiger partial charge in [-0.3, -0.25) is 9.59 Å². The van der Waals surface area contributed by atoms with Crippen molar-refractivity contribution >= 4 is 11.8 Å². The van der Waals surface area contributed by atoms with Gasteiger partial charge in [0.2, 0.25) is 11.8 Å². The summed E-state index contributed by atoms with van der Waals surface area (Å²) in [7, 11) is 1.62. The number of nitrogens with zero attached hydrogens (tertiary/aromatic N) is 1. The van der Waals surface area contributed by atoms with Crippen molar-refractivity contribution in [2.75, 3.05) is 26.7 Å². The fourth-order valence-corrected chi connectivity index (χ4v) is 2.04. The summed E-state index contributed by atoms with van der Waals surface area (Å²) >= 11 is 0. The second-order valence-electron chi connectivity index (χ2n) is 4.71. The zero-order valence-corrected chi connectivity index (χ0v) is 13.0.